The van der Waals surface area contributed by atoms with Crippen LogP contribution in [-0.4, -0.2) is 47.2 Å². The highest BCUT2D eigenvalue weighted by molar-refractivity contribution is 7.89. The van der Waals surface area contributed by atoms with Gasteiger partial charge in [0.1, 0.15) is 0 Å². The van der Waals surface area contributed by atoms with Crippen LogP contribution < -0.4 is 15.8 Å². The van der Waals surface area contributed by atoms with Gasteiger partial charge in [-0.15, -0.1) is 0 Å². The first-order valence-electron chi connectivity index (χ1n) is 8.95. The quantitative estimate of drug-likeness (QED) is 0.419. The first-order chi connectivity index (χ1) is 12.3. The molecule has 26 heavy (non-hydrogen) atoms. The summed E-state index contributed by atoms with van der Waals surface area (Å²) in [6.45, 7) is 8.53. The number of rotatable bonds is 10. The van der Waals surface area contributed by atoms with E-state index in [1.54, 1.807) is 19.2 Å². The molecular weight excluding hydrogens is 352 g/mol. The van der Waals surface area contributed by atoms with Crippen molar-refractivity contribution in [2.24, 2.45) is 16.0 Å². The molecule has 0 saturated carbocycles. The first kappa shape index (κ1) is 22.4. The van der Waals surface area contributed by atoms with Crippen LogP contribution in [0, 0.1) is 5.92 Å². The van der Waals surface area contributed by atoms with Crippen LogP contribution >= 0.6 is 0 Å². The third-order valence-electron chi connectivity index (χ3n) is 4.03. The Bertz CT molecular complexity index is 658. The van der Waals surface area contributed by atoms with E-state index in [9.17, 15) is 8.42 Å². The van der Waals surface area contributed by atoms with Gasteiger partial charge in [-0.2, -0.15) is 0 Å². The van der Waals surface area contributed by atoms with E-state index in [2.05, 4.69) is 29.5 Å². The minimum absolute atomic E-state index is 0.126. The summed E-state index contributed by atoms with van der Waals surface area (Å²) < 4.78 is 28.2. The molecule has 0 aliphatic carbocycles. The van der Waals surface area contributed by atoms with E-state index in [1.807, 2.05) is 6.92 Å². The zero-order valence-electron chi connectivity index (χ0n) is 16.2. The number of nitrogens with zero attached hydrogens (tertiary/aromatic N) is 1. The summed E-state index contributed by atoms with van der Waals surface area (Å²) in [5, 5.41) is 11.6. The van der Waals surface area contributed by atoms with Crippen molar-refractivity contribution < 1.29 is 13.2 Å². The fraction of sp³-hybridized carbons (Fsp3) is 0.611. The summed E-state index contributed by atoms with van der Waals surface area (Å²) >= 11 is 0. The topological polar surface area (TPSA) is 106 Å². The minimum atomic E-state index is -3.64. The van der Waals surface area contributed by atoms with Gasteiger partial charge in [0.2, 0.25) is 10.0 Å². The van der Waals surface area contributed by atoms with E-state index in [0.29, 0.717) is 12.5 Å². The molecule has 0 fully saturated rings. The molecule has 4 N–H and O–H groups in total. The van der Waals surface area contributed by atoms with Crippen LogP contribution in [-0.2, 0) is 21.2 Å². The number of aliphatic imine (C=N–C) groups is 1. The molecule has 1 unspecified atom stereocenters. The van der Waals surface area contributed by atoms with Gasteiger partial charge in [-0.25, -0.2) is 13.6 Å². The van der Waals surface area contributed by atoms with E-state index in [1.165, 1.54) is 12.1 Å². The average molecular weight is 385 g/mol. The van der Waals surface area contributed by atoms with Crippen molar-refractivity contribution in [3.05, 3.63) is 29.8 Å². The fourth-order valence-electron chi connectivity index (χ4n) is 2.55. The molecule has 1 atom stereocenters. The Hall–Kier alpha value is -1.64. The van der Waals surface area contributed by atoms with Gasteiger partial charge >= 0.3 is 0 Å². The SMILES string of the molecule is CCOC(CCNC(=NC)NCCc1ccc(S(N)(=O)=O)cc1)C(C)C. The molecular formula is C18H32N4O3S. The lowest BCUT2D eigenvalue weighted by Gasteiger charge is -2.21. The summed E-state index contributed by atoms with van der Waals surface area (Å²) in [4.78, 5) is 4.34. The smallest absolute Gasteiger partial charge is 0.238 e. The zero-order chi connectivity index (χ0) is 19.6. The third kappa shape index (κ3) is 8.16. The van der Waals surface area contributed by atoms with Crippen LogP contribution in [0.2, 0.25) is 0 Å². The maximum absolute atomic E-state index is 11.3. The summed E-state index contributed by atoms with van der Waals surface area (Å²) in [5.41, 5.74) is 1.02. The lowest BCUT2D eigenvalue weighted by atomic mass is 10.0. The van der Waals surface area contributed by atoms with Crippen molar-refractivity contribution in [1.29, 1.82) is 0 Å². The number of guanidine groups is 1. The molecule has 8 heteroatoms. The number of hydrogen-bond donors (Lipinski definition) is 3. The Morgan fingerprint density at radius 2 is 1.81 bits per heavy atom. The molecule has 0 aliphatic rings. The molecule has 1 aromatic rings. The van der Waals surface area contributed by atoms with Gasteiger partial charge in [-0.1, -0.05) is 26.0 Å². The summed E-state index contributed by atoms with van der Waals surface area (Å²) in [5.74, 6) is 1.22. The van der Waals surface area contributed by atoms with Crippen LogP contribution in [0.5, 0.6) is 0 Å². The first-order valence-corrected chi connectivity index (χ1v) is 10.5. The number of sulfonamides is 1. The second-order valence-electron chi connectivity index (χ2n) is 6.39. The van der Waals surface area contributed by atoms with Crippen LogP contribution in [0.25, 0.3) is 0 Å². The van der Waals surface area contributed by atoms with E-state index in [-0.39, 0.29) is 11.0 Å². The van der Waals surface area contributed by atoms with Gasteiger partial charge < -0.3 is 15.4 Å². The number of benzene rings is 1. The summed E-state index contributed by atoms with van der Waals surface area (Å²) in [6.07, 6.45) is 1.91. The highest BCUT2D eigenvalue weighted by atomic mass is 32.2. The highest BCUT2D eigenvalue weighted by Gasteiger charge is 2.13. The van der Waals surface area contributed by atoms with Gasteiger partial charge in [-0.3, -0.25) is 4.99 Å². The molecule has 0 radical (unpaired) electrons. The van der Waals surface area contributed by atoms with Gasteiger partial charge in [-0.05, 0) is 43.4 Å². The van der Waals surface area contributed by atoms with Crippen LogP contribution in [0.1, 0.15) is 32.8 Å². The van der Waals surface area contributed by atoms with Crippen LogP contribution in [0.4, 0.5) is 0 Å². The molecule has 1 rings (SSSR count). The average Bonchev–Trinajstić information content (AvgIpc) is 2.59. The van der Waals surface area contributed by atoms with E-state index < -0.39 is 10.0 Å². The second kappa shape index (κ2) is 11.2. The molecule has 0 bridgehead atoms. The molecule has 148 valence electrons. The zero-order valence-corrected chi connectivity index (χ0v) is 17.0. The van der Waals surface area contributed by atoms with Crippen molar-refractivity contribution in [3.63, 3.8) is 0 Å². The largest absolute Gasteiger partial charge is 0.378 e. The van der Waals surface area contributed by atoms with Gasteiger partial charge in [0.25, 0.3) is 0 Å². The predicted molar refractivity (Wildman–Crippen MR) is 106 cm³/mol. The number of ether oxygens (including phenoxy) is 1. The van der Waals surface area contributed by atoms with Gasteiger partial charge in [0.05, 0.1) is 11.0 Å². The van der Waals surface area contributed by atoms with E-state index in [0.717, 1.165) is 37.5 Å². The normalized spacial score (nSPS) is 13.7. The number of primary sulfonamides is 1. The molecule has 0 heterocycles. The van der Waals surface area contributed by atoms with Crippen molar-refractivity contribution in [2.45, 2.75) is 44.6 Å². The van der Waals surface area contributed by atoms with Crippen molar-refractivity contribution in [1.82, 2.24) is 10.6 Å². The molecule has 0 aliphatic heterocycles. The molecule has 0 saturated heterocycles. The van der Waals surface area contributed by atoms with E-state index in [4.69, 9.17) is 9.88 Å². The minimum Gasteiger partial charge on any atom is -0.378 e. The summed E-state index contributed by atoms with van der Waals surface area (Å²) in [6, 6.07) is 6.59. The Balaban J connectivity index is 2.38. The Labute approximate surface area is 157 Å². The Kier molecular flexibility index (Phi) is 9.61. The fourth-order valence-corrected chi connectivity index (χ4v) is 3.06. The molecule has 7 nitrogen and oxygen atoms in total. The Morgan fingerprint density at radius 1 is 1.19 bits per heavy atom. The summed E-state index contributed by atoms with van der Waals surface area (Å²) in [7, 11) is -1.91. The number of nitrogens with two attached hydrogens (primary N) is 1. The molecule has 0 spiro atoms. The lowest BCUT2D eigenvalue weighted by Crippen LogP contribution is -2.40. The van der Waals surface area contributed by atoms with Crippen LogP contribution in [0.15, 0.2) is 34.2 Å². The molecule has 0 aromatic heterocycles. The highest BCUT2D eigenvalue weighted by Crippen LogP contribution is 2.10. The second-order valence-corrected chi connectivity index (χ2v) is 7.95. The monoisotopic (exact) mass is 384 g/mol. The number of hydrogen-bond acceptors (Lipinski definition) is 4. The molecule has 0 amide bonds. The standard InChI is InChI=1S/C18H32N4O3S/c1-5-25-17(14(2)3)11-13-22-18(20-4)21-12-10-15-6-8-16(9-7-15)26(19,23)24/h6-9,14,17H,5,10-13H2,1-4H3,(H2,19,23,24)(H2,20,21,22). The van der Waals surface area contributed by atoms with Gasteiger partial charge in [0.15, 0.2) is 5.96 Å². The predicted octanol–water partition coefficient (Wildman–Crippen LogP) is 1.49. The maximum Gasteiger partial charge on any atom is 0.238 e. The van der Waals surface area contributed by atoms with Gasteiger partial charge in [0, 0.05) is 26.7 Å². The van der Waals surface area contributed by atoms with Crippen molar-refractivity contribution in [2.75, 3.05) is 26.7 Å². The van der Waals surface area contributed by atoms with Crippen molar-refractivity contribution in [3.8, 4) is 0 Å². The van der Waals surface area contributed by atoms with Crippen molar-refractivity contribution >= 4 is 16.0 Å². The Morgan fingerprint density at radius 3 is 2.31 bits per heavy atom. The van der Waals surface area contributed by atoms with Crippen LogP contribution in [0.3, 0.4) is 0 Å². The molecule has 1 aromatic carbocycles. The maximum atomic E-state index is 11.3. The lowest BCUT2D eigenvalue weighted by molar-refractivity contribution is 0.0258. The van der Waals surface area contributed by atoms with E-state index >= 15 is 0 Å². The third-order valence-corrected chi connectivity index (χ3v) is 4.96. The number of nitrogens with one attached hydrogen (secondary N) is 2.